The average molecular weight is 535 g/mol. The summed E-state index contributed by atoms with van der Waals surface area (Å²) in [4.78, 5) is 24.3. The molecule has 0 aliphatic carbocycles. The van der Waals surface area contributed by atoms with Gasteiger partial charge in [-0.1, -0.05) is 114 Å². The van der Waals surface area contributed by atoms with Gasteiger partial charge in [0.15, 0.2) is 11.5 Å². The molecule has 0 saturated heterocycles. The van der Waals surface area contributed by atoms with Crippen molar-refractivity contribution in [3.8, 4) is 11.5 Å². The molecule has 0 fully saturated rings. The third-order valence-corrected chi connectivity index (χ3v) is 6.52. The van der Waals surface area contributed by atoms with Crippen molar-refractivity contribution in [2.75, 3.05) is 7.11 Å². The minimum atomic E-state index is -0.501. The van der Waals surface area contributed by atoms with Gasteiger partial charge in [-0.15, -0.1) is 0 Å². The molecule has 0 heterocycles. The molecule has 212 valence electrons. The summed E-state index contributed by atoms with van der Waals surface area (Å²) in [5.41, 5.74) is 4.21. The van der Waals surface area contributed by atoms with Crippen LogP contribution < -0.4 is 14.9 Å². The van der Waals surface area contributed by atoms with Crippen molar-refractivity contribution in [2.24, 2.45) is 5.10 Å². The van der Waals surface area contributed by atoms with Gasteiger partial charge in [0, 0.05) is 12.5 Å². The van der Waals surface area contributed by atoms with E-state index in [2.05, 4.69) is 17.5 Å². The van der Waals surface area contributed by atoms with E-state index in [4.69, 9.17) is 9.47 Å². The van der Waals surface area contributed by atoms with Gasteiger partial charge >= 0.3 is 5.97 Å². The lowest BCUT2D eigenvalue weighted by atomic mass is 10.0. The topological polar surface area (TPSA) is 77.0 Å². The molecule has 39 heavy (non-hydrogen) atoms. The molecule has 1 amide bonds. The number of nitrogens with zero attached hydrogens (tertiary/aromatic N) is 1. The lowest BCUT2D eigenvalue weighted by Gasteiger charge is -2.08. The van der Waals surface area contributed by atoms with Crippen LogP contribution >= 0.6 is 0 Å². The highest BCUT2D eigenvalue weighted by molar-refractivity contribution is 5.89. The molecule has 0 aromatic heterocycles. The summed E-state index contributed by atoms with van der Waals surface area (Å²) in [7, 11) is 1.50. The largest absolute Gasteiger partial charge is 0.493 e. The summed E-state index contributed by atoms with van der Waals surface area (Å²) in [6.07, 6.45) is 21.7. The number of methoxy groups -OCH3 is 1. The van der Waals surface area contributed by atoms with E-state index in [9.17, 15) is 9.59 Å². The fourth-order valence-electron chi connectivity index (χ4n) is 4.26. The summed E-state index contributed by atoms with van der Waals surface area (Å²) in [6, 6.07) is 14.6. The molecule has 6 nitrogen and oxygen atoms in total. The number of unbranched alkanes of at least 4 members (excludes halogenated alkanes) is 12. The van der Waals surface area contributed by atoms with Crippen LogP contribution in [0.2, 0.25) is 0 Å². The van der Waals surface area contributed by atoms with Gasteiger partial charge in [0.2, 0.25) is 5.91 Å². The zero-order valence-electron chi connectivity index (χ0n) is 23.8. The maximum Gasteiger partial charge on any atom is 0.336 e. The number of hydrogen-bond acceptors (Lipinski definition) is 5. The van der Waals surface area contributed by atoms with E-state index in [0.29, 0.717) is 23.5 Å². The van der Waals surface area contributed by atoms with E-state index in [-0.39, 0.29) is 5.91 Å². The quantitative estimate of drug-likeness (QED) is 0.0463. The van der Waals surface area contributed by atoms with Gasteiger partial charge in [-0.3, -0.25) is 4.79 Å². The van der Waals surface area contributed by atoms with Crippen molar-refractivity contribution in [3.05, 3.63) is 65.7 Å². The van der Waals surface area contributed by atoms with Gasteiger partial charge in [0.05, 0.1) is 13.3 Å². The van der Waals surface area contributed by atoms with Gasteiger partial charge in [-0.05, 0) is 41.8 Å². The van der Waals surface area contributed by atoms with Gasteiger partial charge in [-0.25, -0.2) is 10.2 Å². The van der Waals surface area contributed by atoms with E-state index in [1.54, 1.807) is 30.5 Å². The smallest absolute Gasteiger partial charge is 0.336 e. The van der Waals surface area contributed by atoms with Crippen LogP contribution in [0.5, 0.6) is 11.5 Å². The molecule has 0 spiro atoms. The van der Waals surface area contributed by atoms with Crippen molar-refractivity contribution >= 4 is 24.2 Å². The molecule has 0 radical (unpaired) electrons. The Morgan fingerprint density at radius 1 is 0.769 bits per heavy atom. The number of rotatable bonds is 20. The number of hydrazone groups is 1. The van der Waals surface area contributed by atoms with E-state index in [1.807, 2.05) is 30.3 Å². The molecule has 2 aromatic rings. The van der Waals surface area contributed by atoms with Crippen molar-refractivity contribution in [3.63, 3.8) is 0 Å². The third-order valence-electron chi connectivity index (χ3n) is 6.52. The maximum atomic E-state index is 12.2. The van der Waals surface area contributed by atoms with Crippen LogP contribution in [0.3, 0.4) is 0 Å². The van der Waals surface area contributed by atoms with Crippen LogP contribution in [-0.2, 0) is 9.59 Å². The summed E-state index contributed by atoms with van der Waals surface area (Å²) >= 11 is 0. The first-order valence-corrected chi connectivity index (χ1v) is 14.6. The Morgan fingerprint density at radius 2 is 1.38 bits per heavy atom. The molecule has 0 aliphatic heterocycles. The van der Waals surface area contributed by atoms with Crippen LogP contribution in [0.1, 0.15) is 108 Å². The first kappa shape index (κ1) is 31.8. The van der Waals surface area contributed by atoms with Crippen LogP contribution in [0.4, 0.5) is 0 Å². The molecule has 6 heteroatoms. The van der Waals surface area contributed by atoms with Crippen LogP contribution in [0.15, 0.2) is 59.7 Å². The lowest BCUT2D eigenvalue weighted by molar-refractivity contribution is -0.129. The molecule has 0 saturated carbocycles. The maximum absolute atomic E-state index is 12.2. The highest BCUT2D eigenvalue weighted by Crippen LogP contribution is 2.28. The Hall–Kier alpha value is -3.41. The van der Waals surface area contributed by atoms with Gasteiger partial charge in [-0.2, -0.15) is 5.10 Å². The fourth-order valence-corrected chi connectivity index (χ4v) is 4.26. The Balaban J connectivity index is 1.59. The second-order valence-corrected chi connectivity index (χ2v) is 9.86. The van der Waals surface area contributed by atoms with E-state index < -0.39 is 5.97 Å². The Kier molecular flexibility index (Phi) is 16.8. The number of carbonyl (C=O) groups is 2. The van der Waals surface area contributed by atoms with Crippen molar-refractivity contribution in [1.82, 2.24) is 5.43 Å². The zero-order valence-corrected chi connectivity index (χ0v) is 23.8. The summed E-state index contributed by atoms with van der Waals surface area (Å²) in [5.74, 6) is 0.124. The van der Waals surface area contributed by atoms with Crippen molar-refractivity contribution < 1.29 is 19.1 Å². The molecule has 2 rings (SSSR count). The van der Waals surface area contributed by atoms with Crippen LogP contribution in [-0.4, -0.2) is 25.2 Å². The number of ether oxygens (including phenoxy) is 2. The number of hydrogen-bond donors (Lipinski definition) is 1. The first-order valence-electron chi connectivity index (χ1n) is 14.6. The minimum absolute atomic E-state index is 0.0861. The third kappa shape index (κ3) is 14.9. The van der Waals surface area contributed by atoms with Gasteiger partial charge < -0.3 is 9.47 Å². The molecule has 0 aliphatic rings. The number of esters is 1. The van der Waals surface area contributed by atoms with Crippen molar-refractivity contribution in [1.29, 1.82) is 0 Å². The molecule has 0 atom stereocenters. The number of benzene rings is 2. The van der Waals surface area contributed by atoms with Crippen LogP contribution in [0.25, 0.3) is 6.08 Å². The average Bonchev–Trinajstić information content (AvgIpc) is 2.95. The number of nitrogens with one attached hydrogen (secondary N) is 1. The molecule has 0 unspecified atom stereocenters. The molecular weight excluding hydrogens is 488 g/mol. The SMILES string of the molecule is CCCCCCCCCCCCCCCC(=O)N/N=C/c1ccc(OC(=O)/C=C/c2ccccc2)c(OC)c1. The zero-order chi connectivity index (χ0) is 28.0. The van der Waals surface area contributed by atoms with Gasteiger partial charge in [0.1, 0.15) is 0 Å². The second-order valence-electron chi connectivity index (χ2n) is 9.86. The molecule has 0 bridgehead atoms. The Labute approximate surface area is 234 Å². The van der Waals surface area contributed by atoms with Gasteiger partial charge in [0.25, 0.3) is 0 Å². The Bertz CT molecular complexity index is 1020. The number of carbonyl (C=O) groups excluding carboxylic acids is 2. The van der Waals surface area contributed by atoms with E-state index in [0.717, 1.165) is 18.4 Å². The number of amides is 1. The molecular formula is C33H46N2O4. The Morgan fingerprint density at radius 3 is 2.00 bits per heavy atom. The normalized spacial score (nSPS) is 11.2. The van der Waals surface area contributed by atoms with E-state index in [1.165, 1.54) is 83.8 Å². The van der Waals surface area contributed by atoms with Crippen molar-refractivity contribution in [2.45, 2.75) is 96.8 Å². The van der Waals surface area contributed by atoms with Crippen LogP contribution in [0, 0.1) is 0 Å². The first-order chi connectivity index (χ1) is 19.1. The highest BCUT2D eigenvalue weighted by Gasteiger charge is 2.09. The minimum Gasteiger partial charge on any atom is -0.493 e. The highest BCUT2D eigenvalue weighted by atomic mass is 16.6. The monoisotopic (exact) mass is 534 g/mol. The summed E-state index contributed by atoms with van der Waals surface area (Å²) in [6.45, 7) is 2.26. The molecule has 2 aromatic carbocycles. The predicted molar refractivity (Wildman–Crippen MR) is 160 cm³/mol. The lowest BCUT2D eigenvalue weighted by Crippen LogP contribution is -2.16. The summed E-state index contributed by atoms with van der Waals surface area (Å²) < 4.78 is 10.8. The fraction of sp³-hybridized carbons (Fsp3) is 0.485. The predicted octanol–water partition coefficient (Wildman–Crippen LogP) is 8.25. The summed E-state index contributed by atoms with van der Waals surface area (Å²) in [5, 5.41) is 4.05. The van der Waals surface area contributed by atoms with E-state index >= 15 is 0 Å². The standard InChI is InChI=1S/C33H46N2O4/c1-3-4-5-6-7-8-9-10-11-12-13-14-18-21-32(36)35-34-27-29-22-24-30(31(26-29)38-2)39-33(37)25-23-28-19-16-15-17-20-28/h15-17,19-20,22-27H,3-14,18,21H2,1-2H3,(H,35,36)/b25-23+,34-27+. The second kappa shape index (κ2) is 20.5. The molecule has 1 N–H and O–H groups in total.